The van der Waals surface area contributed by atoms with Crippen LogP contribution in [0.5, 0.6) is 0 Å². The Balaban J connectivity index is 1.54. The number of hydrogen-bond donors (Lipinski definition) is 2. The molecule has 0 bridgehead atoms. The molecule has 4 rings (SSSR count). The molecule has 0 aliphatic rings. The van der Waals surface area contributed by atoms with Crippen LogP contribution in [0.2, 0.25) is 0 Å². The molecule has 0 saturated heterocycles. The van der Waals surface area contributed by atoms with E-state index in [1.807, 2.05) is 30.5 Å². The number of methoxy groups -OCH3 is 1. The summed E-state index contributed by atoms with van der Waals surface area (Å²) in [6.07, 6.45) is 1.85. The summed E-state index contributed by atoms with van der Waals surface area (Å²) in [7, 11) is 1.38. The van der Waals surface area contributed by atoms with Crippen molar-refractivity contribution in [2.75, 3.05) is 12.4 Å². The minimum atomic E-state index is -0.328. The van der Waals surface area contributed by atoms with Gasteiger partial charge < -0.3 is 15.0 Å². The number of benzene rings is 2. The van der Waals surface area contributed by atoms with Crippen molar-refractivity contribution in [3.8, 4) is 0 Å². The van der Waals surface area contributed by atoms with Gasteiger partial charge in [-0.2, -0.15) is 0 Å². The van der Waals surface area contributed by atoms with Crippen molar-refractivity contribution in [3.05, 3.63) is 71.9 Å². The van der Waals surface area contributed by atoms with Crippen LogP contribution in [0.3, 0.4) is 0 Å². The third-order valence-electron chi connectivity index (χ3n) is 4.24. The Morgan fingerprint density at radius 3 is 2.68 bits per heavy atom. The minimum absolute atomic E-state index is 0.328. The molecule has 2 N–H and O–H groups in total. The normalized spacial score (nSPS) is 10.9. The van der Waals surface area contributed by atoms with Gasteiger partial charge in [0.15, 0.2) is 0 Å². The molecule has 0 unspecified atom stereocenters. The van der Waals surface area contributed by atoms with E-state index in [9.17, 15) is 4.79 Å². The molecule has 0 amide bonds. The molecule has 0 aliphatic heterocycles. The van der Waals surface area contributed by atoms with E-state index in [0.29, 0.717) is 12.1 Å². The van der Waals surface area contributed by atoms with E-state index in [2.05, 4.69) is 33.5 Å². The smallest absolute Gasteiger partial charge is 0.337 e. The number of carbonyl (C=O) groups is 1. The van der Waals surface area contributed by atoms with Gasteiger partial charge in [0.25, 0.3) is 0 Å². The Hall–Kier alpha value is -3.34. The molecule has 124 valence electrons. The monoisotopic (exact) mass is 331 g/mol. The maximum absolute atomic E-state index is 11.5. The van der Waals surface area contributed by atoms with Crippen LogP contribution in [0.25, 0.3) is 21.8 Å². The Morgan fingerprint density at radius 2 is 1.88 bits per heavy atom. The maximum atomic E-state index is 11.5. The molecule has 0 fully saturated rings. The van der Waals surface area contributed by atoms with Gasteiger partial charge in [-0.15, -0.1) is 0 Å². The number of nitrogens with zero attached hydrogens (tertiary/aromatic N) is 1. The van der Waals surface area contributed by atoms with E-state index in [-0.39, 0.29) is 5.97 Å². The number of hydrogen-bond acceptors (Lipinski definition) is 4. The van der Waals surface area contributed by atoms with Crippen molar-refractivity contribution in [2.45, 2.75) is 6.54 Å². The van der Waals surface area contributed by atoms with Crippen LogP contribution < -0.4 is 5.32 Å². The zero-order valence-electron chi connectivity index (χ0n) is 13.7. The number of ether oxygens (including phenoxy) is 1. The van der Waals surface area contributed by atoms with Crippen molar-refractivity contribution in [2.24, 2.45) is 0 Å². The zero-order chi connectivity index (χ0) is 17.2. The van der Waals surface area contributed by atoms with Crippen LogP contribution in [0.1, 0.15) is 15.9 Å². The number of para-hydroxylation sites is 1. The number of pyridine rings is 1. The molecule has 2 heterocycles. The lowest BCUT2D eigenvalue weighted by molar-refractivity contribution is 0.0600. The lowest BCUT2D eigenvalue weighted by Gasteiger charge is -2.07. The molecular formula is C20H17N3O2. The van der Waals surface area contributed by atoms with Crippen LogP contribution in [0, 0.1) is 0 Å². The topological polar surface area (TPSA) is 67.0 Å². The molecule has 5 nitrogen and oxygen atoms in total. The van der Waals surface area contributed by atoms with Crippen LogP contribution in [0.4, 0.5) is 5.82 Å². The molecule has 0 aliphatic carbocycles. The molecule has 5 heteroatoms. The van der Waals surface area contributed by atoms with Crippen molar-refractivity contribution in [1.29, 1.82) is 0 Å². The molecule has 0 atom stereocenters. The van der Waals surface area contributed by atoms with Crippen LogP contribution in [-0.4, -0.2) is 23.0 Å². The molecule has 25 heavy (non-hydrogen) atoms. The van der Waals surface area contributed by atoms with Gasteiger partial charge in [-0.3, -0.25) is 0 Å². The van der Waals surface area contributed by atoms with Crippen LogP contribution in [0.15, 0.2) is 60.8 Å². The van der Waals surface area contributed by atoms with Crippen molar-refractivity contribution < 1.29 is 9.53 Å². The van der Waals surface area contributed by atoms with E-state index in [4.69, 9.17) is 4.74 Å². The van der Waals surface area contributed by atoms with Gasteiger partial charge in [0.05, 0.1) is 24.4 Å². The average Bonchev–Trinajstić information content (AvgIpc) is 3.04. The summed E-state index contributed by atoms with van der Waals surface area (Å²) in [5.41, 5.74) is 3.74. The average molecular weight is 331 g/mol. The van der Waals surface area contributed by atoms with E-state index in [1.54, 1.807) is 12.1 Å². The fraction of sp³-hybridized carbons (Fsp3) is 0.100. The molecule has 0 saturated carbocycles. The van der Waals surface area contributed by atoms with Crippen molar-refractivity contribution >= 4 is 33.6 Å². The second kappa shape index (κ2) is 6.28. The van der Waals surface area contributed by atoms with Gasteiger partial charge in [0.2, 0.25) is 0 Å². The summed E-state index contributed by atoms with van der Waals surface area (Å²) in [5, 5.41) is 5.66. The summed E-state index contributed by atoms with van der Waals surface area (Å²) in [6.45, 7) is 0.627. The van der Waals surface area contributed by atoms with E-state index in [0.717, 1.165) is 27.8 Å². The Morgan fingerprint density at radius 1 is 1.08 bits per heavy atom. The lowest BCUT2D eigenvalue weighted by atomic mass is 10.1. The highest BCUT2D eigenvalue weighted by Crippen LogP contribution is 2.26. The summed E-state index contributed by atoms with van der Waals surface area (Å²) >= 11 is 0. The van der Waals surface area contributed by atoms with Gasteiger partial charge in [-0.05, 0) is 29.8 Å². The number of carbonyl (C=O) groups excluding carboxylic acids is 1. The standard InChI is InChI=1S/C20H17N3O2/c1-25-20(24)14-8-6-13(7-9-14)11-21-19-10-16-15-4-2-3-5-17(15)23-18(16)12-22-19/h2-10,12,23H,11H2,1H3,(H,21,22). The third-order valence-corrected chi connectivity index (χ3v) is 4.24. The summed E-state index contributed by atoms with van der Waals surface area (Å²) in [5.74, 6) is 0.486. The fourth-order valence-corrected chi connectivity index (χ4v) is 2.92. The minimum Gasteiger partial charge on any atom is -0.465 e. The number of esters is 1. The molecule has 0 radical (unpaired) electrons. The zero-order valence-corrected chi connectivity index (χ0v) is 13.7. The second-order valence-electron chi connectivity index (χ2n) is 5.83. The predicted octanol–water partition coefficient (Wildman–Crippen LogP) is 4.11. The number of H-pyrrole nitrogens is 1. The first kappa shape index (κ1) is 15.2. The number of fused-ring (bicyclic) bond motifs is 3. The summed E-state index contributed by atoms with van der Waals surface area (Å²) in [6, 6.07) is 17.6. The number of anilines is 1. The van der Waals surface area contributed by atoms with Gasteiger partial charge in [-0.25, -0.2) is 9.78 Å². The SMILES string of the molecule is COC(=O)c1ccc(CNc2cc3c(cn2)[nH]c2ccccc23)cc1. The fourth-order valence-electron chi connectivity index (χ4n) is 2.92. The molecular weight excluding hydrogens is 314 g/mol. The van der Waals surface area contributed by atoms with E-state index in [1.165, 1.54) is 12.5 Å². The molecule has 2 aromatic heterocycles. The highest BCUT2D eigenvalue weighted by molar-refractivity contribution is 6.07. The largest absolute Gasteiger partial charge is 0.465 e. The number of aromatic nitrogens is 2. The Labute approximate surface area is 144 Å². The predicted molar refractivity (Wildman–Crippen MR) is 98.7 cm³/mol. The quantitative estimate of drug-likeness (QED) is 0.552. The van der Waals surface area contributed by atoms with Gasteiger partial charge in [0.1, 0.15) is 5.82 Å². The Bertz CT molecular complexity index is 1050. The first-order valence-electron chi connectivity index (χ1n) is 8.02. The van der Waals surface area contributed by atoms with Gasteiger partial charge in [-0.1, -0.05) is 30.3 Å². The number of rotatable bonds is 4. The summed E-state index contributed by atoms with van der Waals surface area (Å²) in [4.78, 5) is 19.3. The Kier molecular flexibility index (Phi) is 3.82. The van der Waals surface area contributed by atoms with Crippen LogP contribution in [-0.2, 0) is 11.3 Å². The molecule has 0 spiro atoms. The van der Waals surface area contributed by atoms with Gasteiger partial charge in [0, 0.05) is 22.8 Å². The lowest BCUT2D eigenvalue weighted by Crippen LogP contribution is -2.03. The first-order chi connectivity index (χ1) is 12.2. The highest BCUT2D eigenvalue weighted by Gasteiger charge is 2.06. The van der Waals surface area contributed by atoms with E-state index >= 15 is 0 Å². The van der Waals surface area contributed by atoms with Gasteiger partial charge >= 0.3 is 5.97 Å². The first-order valence-corrected chi connectivity index (χ1v) is 8.02. The highest BCUT2D eigenvalue weighted by atomic mass is 16.5. The second-order valence-corrected chi connectivity index (χ2v) is 5.83. The molecule has 2 aromatic carbocycles. The van der Waals surface area contributed by atoms with Crippen LogP contribution >= 0.6 is 0 Å². The number of nitrogens with one attached hydrogen (secondary N) is 2. The maximum Gasteiger partial charge on any atom is 0.337 e. The van der Waals surface area contributed by atoms with E-state index < -0.39 is 0 Å². The summed E-state index contributed by atoms with van der Waals surface area (Å²) < 4.78 is 4.71. The third kappa shape index (κ3) is 2.92. The molecule has 4 aromatic rings. The van der Waals surface area contributed by atoms with Crippen molar-refractivity contribution in [1.82, 2.24) is 9.97 Å². The van der Waals surface area contributed by atoms with Crippen molar-refractivity contribution in [3.63, 3.8) is 0 Å². The number of aromatic amines is 1.